The Hall–Kier alpha value is -2.19. The fraction of sp³-hybridized carbons (Fsp3) is 0.400. The van der Waals surface area contributed by atoms with Gasteiger partial charge in [0.15, 0.2) is 6.61 Å². The molecule has 1 amide bonds. The van der Waals surface area contributed by atoms with E-state index < -0.39 is 0 Å². The van der Waals surface area contributed by atoms with Crippen molar-refractivity contribution >= 4 is 29.1 Å². The molecule has 2 aromatic rings. The molecule has 1 aliphatic rings. The summed E-state index contributed by atoms with van der Waals surface area (Å²) in [5, 5.41) is 0. The highest BCUT2D eigenvalue weighted by Gasteiger charge is 2.21. The molecule has 3 rings (SSSR count). The highest BCUT2D eigenvalue weighted by Crippen LogP contribution is 2.26. The van der Waals surface area contributed by atoms with Gasteiger partial charge >= 0.3 is 0 Å². The number of carbonyl (C=O) groups is 1. The molecule has 0 spiro atoms. The molecular formula is C15H18N4O3S. The molecule has 122 valence electrons. The van der Waals surface area contributed by atoms with Gasteiger partial charge in [-0.05, 0) is 12.1 Å². The lowest BCUT2D eigenvalue weighted by Gasteiger charge is -2.26. The average Bonchev–Trinajstić information content (AvgIpc) is 3.09. The van der Waals surface area contributed by atoms with E-state index in [9.17, 15) is 4.79 Å². The van der Waals surface area contributed by atoms with Gasteiger partial charge in [-0.1, -0.05) is 18.2 Å². The van der Waals surface area contributed by atoms with Gasteiger partial charge in [-0.3, -0.25) is 4.79 Å². The summed E-state index contributed by atoms with van der Waals surface area (Å²) in [5.41, 5.74) is 0.825. The Balaban J connectivity index is 1.60. The maximum absolute atomic E-state index is 12.2. The molecule has 0 bridgehead atoms. The molecule has 0 aliphatic carbocycles. The first-order valence-corrected chi connectivity index (χ1v) is 8.08. The molecule has 1 fully saturated rings. The van der Waals surface area contributed by atoms with Crippen molar-refractivity contribution in [2.24, 2.45) is 0 Å². The van der Waals surface area contributed by atoms with E-state index in [1.54, 1.807) is 11.9 Å². The number of likely N-dealkylation sites (N-methyl/N-ethyl adjacent to an activating group) is 1. The van der Waals surface area contributed by atoms with E-state index in [0.29, 0.717) is 24.9 Å². The number of benzene rings is 1. The van der Waals surface area contributed by atoms with Crippen LogP contribution in [0.15, 0.2) is 30.3 Å². The second kappa shape index (κ2) is 7.38. The summed E-state index contributed by atoms with van der Waals surface area (Å²) in [5.74, 6) is 0.956. The van der Waals surface area contributed by atoms with E-state index in [-0.39, 0.29) is 12.5 Å². The van der Waals surface area contributed by atoms with Crippen LogP contribution in [0, 0.1) is 0 Å². The Morgan fingerprint density at radius 3 is 2.78 bits per heavy atom. The first kappa shape index (κ1) is 15.7. The number of rotatable bonds is 5. The van der Waals surface area contributed by atoms with Crippen LogP contribution in [-0.4, -0.2) is 54.6 Å². The highest BCUT2D eigenvalue weighted by atomic mass is 32.1. The molecule has 0 radical (unpaired) electrons. The molecule has 8 heteroatoms. The van der Waals surface area contributed by atoms with Crippen molar-refractivity contribution in [1.29, 1.82) is 0 Å². The monoisotopic (exact) mass is 334 g/mol. The van der Waals surface area contributed by atoms with Crippen molar-refractivity contribution in [3.8, 4) is 5.88 Å². The minimum absolute atomic E-state index is 0.0753. The Labute approximate surface area is 138 Å². The summed E-state index contributed by atoms with van der Waals surface area (Å²) in [6.45, 7) is 2.74. The van der Waals surface area contributed by atoms with Crippen LogP contribution < -0.4 is 14.5 Å². The zero-order chi connectivity index (χ0) is 16.1. The predicted molar refractivity (Wildman–Crippen MR) is 88.3 cm³/mol. The topological polar surface area (TPSA) is 67.8 Å². The minimum Gasteiger partial charge on any atom is -0.464 e. The van der Waals surface area contributed by atoms with Gasteiger partial charge in [-0.15, -0.1) is 4.37 Å². The number of ether oxygens (including phenoxy) is 2. The Morgan fingerprint density at radius 2 is 2.04 bits per heavy atom. The molecule has 2 heterocycles. The van der Waals surface area contributed by atoms with Gasteiger partial charge in [0, 0.05) is 25.8 Å². The van der Waals surface area contributed by atoms with Gasteiger partial charge in [0.1, 0.15) is 0 Å². The maximum atomic E-state index is 12.2. The van der Waals surface area contributed by atoms with Crippen LogP contribution >= 0.6 is 11.7 Å². The first-order valence-electron chi connectivity index (χ1n) is 7.35. The molecule has 1 aliphatic heterocycles. The third-order valence-electron chi connectivity index (χ3n) is 3.60. The molecule has 23 heavy (non-hydrogen) atoms. The van der Waals surface area contributed by atoms with Crippen molar-refractivity contribution < 1.29 is 14.3 Å². The molecule has 1 saturated heterocycles. The van der Waals surface area contributed by atoms with Crippen molar-refractivity contribution in [1.82, 2.24) is 8.75 Å². The molecule has 0 unspecified atom stereocenters. The summed E-state index contributed by atoms with van der Waals surface area (Å²) >= 11 is 1.08. The molecule has 0 N–H and O–H groups in total. The number of hydrogen-bond acceptors (Lipinski definition) is 7. The number of amides is 1. The largest absolute Gasteiger partial charge is 0.464 e. The number of nitrogens with zero attached hydrogens (tertiary/aromatic N) is 4. The number of morpholine rings is 1. The number of anilines is 2. The molecule has 0 saturated carbocycles. The van der Waals surface area contributed by atoms with E-state index in [4.69, 9.17) is 9.47 Å². The van der Waals surface area contributed by atoms with Crippen LogP contribution in [0.2, 0.25) is 0 Å². The number of hydrogen-bond donors (Lipinski definition) is 0. The van der Waals surface area contributed by atoms with Crippen molar-refractivity contribution in [2.75, 3.05) is 49.8 Å². The Bertz CT molecular complexity index is 643. The van der Waals surface area contributed by atoms with E-state index in [2.05, 4.69) is 13.6 Å². The van der Waals surface area contributed by atoms with Gasteiger partial charge in [0.25, 0.3) is 11.8 Å². The van der Waals surface area contributed by atoms with Crippen molar-refractivity contribution in [2.45, 2.75) is 0 Å². The maximum Gasteiger partial charge on any atom is 0.271 e. The summed E-state index contributed by atoms with van der Waals surface area (Å²) in [7, 11) is 1.73. The van der Waals surface area contributed by atoms with Gasteiger partial charge in [-0.2, -0.15) is 4.37 Å². The van der Waals surface area contributed by atoms with Crippen LogP contribution in [0.25, 0.3) is 0 Å². The summed E-state index contributed by atoms with van der Waals surface area (Å²) < 4.78 is 19.3. The quantitative estimate of drug-likeness (QED) is 0.824. The lowest BCUT2D eigenvalue weighted by atomic mass is 10.3. The Morgan fingerprint density at radius 1 is 1.30 bits per heavy atom. The van der Waals surface area contributed by atoms with E-state index in [1.807, 2.05) is 30.3 Å². The second-order valence-electron chi connectivity index (χ2n) is 5.07. The van der Waals surface area contributed by atoms with Crippen LogP contribution in [0.5, 0.6) is 5.88 Å². The van der Waals surface area contributed by atoms with Gasteiger partial charge in [-0.25, -0.2) is 0 Å². The predicted octanol–water partition coefficient (Wildman–Crippen LogP) is 1.42. The third-order valence-corrected chi connectivity index (χ3v) is 4.10. The normalized spacial score (nSPS) is 14.6. The van der Waals surface area contributed by atoms with Crippen molar-refractivity contribution in [3.63, 3.8) is 0 Å². The zero-order valence-corrected chi connectivity index (χ0v) is 13.7. The molecule has 1 aromatic carbocycles. The van der Waals surface area contributed by atoms with Crippen LogP contribution in [0.4, 0.5) is 11.5 Å². The van der Waals surface area contributed by atoms with E-state index in [1.165, 1.54) is 0 Å². The lowest BCUT2D eigenvalue weighted by molar-refractivity contribution is -0.120. The van der Waals surface area contributed by atoms with Crippen LogP contribution in [0.1, 0.15) is 0 Å². The number of para-hydroxylation sites is 1. The molecular weight excluding hydrogens is 316 g/mol. The summed E-state index contributed by atoms with van der Waals surface area (Å²) in [6, 6.07) is 9.44. The zero-order valence-electron chi connectivity index (χ0n) is 12.8. The Kier molecular flexibility index (Phi) is 5.04. The second-order valence-corrected chi connectivity index (χ2v) is 5.60. The minimum atomic E-state index is -0.142. The SMILES string of the molecule is CN(C(=O)COc1nsnc1N1CCOCC1)c1ccccc1. The smallest absolute Gasteiger partial charge is 0.271 e. The average molecular weight is 334 g/mol. The highest BCUT2D eigenvalue weighted by molar-refractivity contribution is 6.99. The fourth-order valence-corrected chi connectivity index (χ4v) is 2.78. The number of aromatic nitrogens is 2. The molecule has 1 aromatic heterocycles. The standard InChI is InChI=1S/C15H18N4O3S/c1-18(12-5-3-2-4-6-12)13(20)11-22-15-14(16-23-17-15)19-7-9-21-10-8-19/h2-6H,7-11H2,1H3. The van der Waals surface area contributed by atoms with Crippen LogP contribution in [0.3, 0.4) is 0 Å². The summed E-state index contributed by atoms with van der Waals surface area (Å²) in [6.07, 6.45) is 0. The van der Waals surface area contributed by atoms with Crippen molar-refractivity contribution in [3.05, 3.63) is 30.3 Å². The number of carbonyl (C=O) groups excluding carboxylic acids is 1. The summed E-state index contributed by atoms with van der Waals surface area (Å²) in [4.78, 5) is 15.9. The third kappa shape index (κ3) is 3.77. The first-order chi connectivity index (χ1) is 11.3. The van der Waals surface area contributed by atoms with Gasteiger partial charge in [0.05, 0.1) is 24.9 Å². The van der Waals surface area contributed by atoms with E-state index >= 15 is 0 Å². The van der Waals surface area contributed by atoms with Crippen LogP contribution in [-0.2, 0) is 9.53 Å². The van der Waals surface area contributed by atoms with Gasteiger partial charge in [0.2, 0.25) is 5.82 Å². The lowest BCUT2D eigenvalue weighted by Crippen LogP contribution is -2.37. The van der Waals surface area contributed by atoms with E-state index in [0.717, 1.165) is 30.5 Å². The fourth-order valence-electron chi connectivity index (χ4n) is 2.26. The molecule has 7 nitrogen and oxygen atoms in total. The molecule has 0 atom stereocenters. The van der Waals surface area contributed by atoms with Gasteiger partial charge < -0.3 is 19.3 Å².